The van der Waals surface area contributed by atoms with Crippen molar-refractivity contribution < 1.29 is 0 Å². The van der Waals surface area contributed by atoms with Gasteiger partial charge in [0.05, 0.1) is 17.4 Å². The second-order valence-corrected chi connectivity index (χ2v) is 7.50. The van der Waals surface area contributed by atoms with Crippen molar-refractivity contribution in [3.05, 3.63) is 65.4 Å². The van der Waals surface area contributed by atoms with Crippen molar-refractivity contribution in [3.63, 3.8) is 0 Å². The van der Waals surface area contributed by atoms with Gasteiger partial charge in [-0.1, -0.05) is 12.1 Å². The van der Waals surface area contributed by atoms with E-state index in [2.05, 4.69) is 33.6 Å². The van der Waals surface area contributed by atoms with Crippen LogP contribution in [0, 0.1) is 0 Å². The predicted octanol–water partition coefficient (Wildman–Crippen LogP) is 2.07. The summed E-state index contributed by atoms with van der Waals surface area (Å²) in [6.45, 7) is 1.24. The first-order valence-corrected chi connectivity index (χ1v) is 9.72. The minimum absolute atomic E-state index is 0.0637. The lowest BCUT2D eigenvalue weighted by Gasteiger charge is -2.32. The summed E-state index contributed by atoms with van der Waals surface area (Å²) in [6.07, 6.45) is 8.14. The first-order chi connectivity index (χ1) is 13.2. The number of imidazole rings is 1. The molecule has 3 aromatic heterocycles. The fourth-order valence-electron chi connectivity index (χ4n) is 4.13. The third-order valence-corrected chi connectivity index (χ3v) is 5.57. The van der Waals surface area contributed by atoms with Crippen LogP contribution < -0.4 is 11.5 Å². The molecule has 6 nitrogen and oxygen atoms in total. The Morgan fingerprint density at radius 3 is 3.04 bits per heavy atom. The summed E-state index contributed by atoms with van der Waals surface area (Å²) < 4.78 is 2.14. The van der Waals surface area contributed by atoms with Crippen molar-refractivity contribution in [2.45, 2.75) is 44.3 Å². The van der Waals surface area contributed by atoms with E-state index in [1.807, 2.05) is 30.5 Å². The van der Waals surface area contributed by atoms with E-state index in [9.17, 15) is 0 Å². The number of fused-ring (bicyclic) bond motifs is 2. The summed E-state index contributed by atoms with van der Waals surface area (Å²) >= 11 is 0. The van der Waals surface area contributed by atoms with Crippen LogP contribution in [0.2, 0.25) is 0 Å². The highest BCUT2D eigenvalue weighted by atomic mass is 15.2. The first-order valence-electron chi connectivity index (χ1n) is 9.72. The van der Waals surface area contributed by atoms with Gasteiger partial charge in [0.15, 0.2) is 0 Å². The van der Waals surface area contributed by atoms with E-state index in [0.717, 1.165) is 42.8 Å². The summed E-state index contributed by atoms with van der Waals surface area (Å²) in [5.41, 5.74) is 17.7. The van der Waals surface area contributed by atoms with E-state index < -0.39 is 0 Å². The van der Waals surface area contributed by atoms with Crippen LogP contribution in [0.25, 0.3) is 5.65 Å². The average molecular weight is 364 g/mol. The summed E-state index contributed by atoms with van der Waals surface area (Å²) in [5.74, 6) is 0. The second-order valence-electron chi connectivity index (χ2n) is 7.50. The molecule has 0 saturated heterocycles. The maximum Gasteiger partial charge on any atom is 0.137 e. The topological polar surface area (TPSA) is 85.5 Å². The summed E-state index contributed by atoms with van der Waals surface area (Å²) in [7, 11) is 2.17. The zero-order valence-corrected chi connectivity index (χ0v) is 15.9. The molecule has 0 radical (unpaired) electrons. The van der Waals surface area contributed by atoms with Crippen LogP contribution >= 0.6 is 0 Å². The van der Waals surface area contributed by atoms with Gasteiger partial charge in [-0.05, 0) is 50.1 Å². The lowest BCUT2D eigenvalue weighted by Crippen LogP contribution is -2.33. The number of hydrogen-bond donors (Lipinski definition) is 2. The molecule has 4 rings (SSSR count). The highest BCUT2D eigenvalue weighted by molar-refractivity contribution is 5.43. The smallest absolute Gasteiger partial charge is 0.137 e. The van der Waals surface area contributed by atoms with E-state index in [-0.39, 0.29) is 6.04 Å². The minimum Gasteiger partial charge on any atom is -0.329 e. The average Bonchev–Trinajstić information content (AvgIpc) is 3.04. The van der Waals surface area contributed by atoms with Crippen molar-refractivity contribution in [1.29, 1.82) is 0 Å². The Hall–Kier alpha value is -2.28. The van der Waals surface area contributed by atoms with Crippen LogP contribution in [-0.2, 0) is 19.4 Å². The van der Waals surface area contributed by atoms with E-state index in [1.54, 1.807) is 0 Å². The third-order valence-electron chi connectivity index (χ3n) is 5.57. The molecule has 0 amide bonds. The van der Waals surface area contributed by atoms with Crippen LogP contribution in [0.4, 0.5) is 0 Å². The Morgan fingerprint density at radius 2 is 2.19 bits per heavy atom. The van der Waals surface area contributed by atoms with Gasteiger partial charge >= 0.3 is 0 Å². The number of rotatable bonds is 6. The fraction of sp³-hybridized carbons (Fsp3) is 0.429. The Bertz CT molecular complexity index is 918. The van der Waals surface area contributed by atoms with E-state index >= 15 is 0 Å². The Labute approximate surface area is 160 Å². The minimum atomic E-state index is -0.0637. The maximum absolute atomic E-state index is 6.17. The fourth-order valence-corrected chi connectivity index (χ4v) is 4.13. The molecule has 0 saturated carbocycles. The van der Waals surface area contributed by atoms with Crippen LogP contribution in [0.5, 0.6) is 0 Å². The van der Waals surface area contributed by atoms with Gasteiger partial charge in [0.1, 0.15) is 5.65 Å². The molecule has 1 aliphatic rings. The standard InChI is InChI=1S/C21H28N6/c1-26(18-8-4-6-15-7-5-10-24-21(15)18)14-17-19(12-16(23)13-22)27-11-3-2-9-20(27)25-17/h2-3,5,7,9-11,16,18H,4,6,8,12-14,22-23H2,1H3. The Kier molecular flexibility index (Phi) is 5.20. The molecule has 0 bridgehead atoms. The van der Waals surface area contributed by atoms with Gasteiger partial charge in [-0.3, -0.25) is 9.88 Å². The molecular formula is C21H28N6. The number of hydrogen-bond acceptors (Lipinski definition) is 5. The lowest BCUT2D eigenvalue weighted by molar-refractivity contribution is 0.206. The molecule has 4 N–H and O–H groups in total. The summed E-state index contributed by atoms with van der Waals surface area (Å²) in [6, 6.07) is 10.6. The number of aryl methyl sites for hydroxylation is 1. The molecule has 0 fully saturated rings. The lowest BCUT2D eigenvalue weighted by atomic mass is 9.91. The Morgan fingerprint density at radius 1 is 1.30 bits per heavy atom. The van der Waals surface area contributed by atoms with Crippen molar-refractivity contribution in [1.82, 2.24) is 19.3 Å². The van der Waals surface area contributed by atoms with Gasteiger partial charge in [-0.15, -0.1) is 0 Å². The predicted molar refractivity (Wildman–Crippen MR) is 107 cm³/mol. The van der Waals surface area contributed by atoms with Gasteiger partial charge in [-0.2, -0.15) is 0 Å². The molecule has 1 aliphatic carbocycles. The molecule has 2 unspecified atom stereocenters. The highest BCUT2D eigenvalue weighted by Crippen LogP contribution is 2.33. The molecule has 6 heteroatoms. The van der Waals surface area contributed by atoms with Crippen molar-refractivity contribution in [2.75, 3.05) is 13.6 Å². The normalized spacial score (nSPS) is 18.0. The third kappa shape index (κ3) is 3.60. The van der Waals surface area contributed by atoms with Crippen molar-refractivity contribution >= 4 is 5.65 Å². The zero-order chi connectivity index (χ0) is 18.8. The monoisotopic (exact) mass is 364 g/mol. The SMILES string of the molecule is CN(Cc1nc2ccccn2c1CC(N)CN)C1CCCc2cccnc21. The molecule has 2 atom stereocenters. The molecule has 3 aromatic rings. The van der Waals surface area contributed by atoms with Gasteiger partial charge < -0.3 is 15.9 Å². The van der Waals surface area contributed by atoms with Crippen LogP contribution in [-0.4, -0.2) is 38.9 Å². The molecule has 3 heterocycles. The molecule has 0 spiro atoms. The van der Waals surface area contributed by atoms with Gasteiger partial charge in [0.25, 0.3) is 0 Å². The Balaban J connectivity index is 1.64. The van der Waals surface area contributed by atoms with E-state index in [0.29, 0.717) is 12.6 Å². The highest BCUT2D eigenvalue weighted by Gasteiger charge is 2.26. The molecule has 0 aliphatic heterocycles. The zero-order valence-electron chi connectivity index (χ0n) is 15.9. The summed E-state index contributed by atoms with van der Waals surface area (Å²) in [5, 5.41) is 0. The van der Waals surface area contributed by atoms with Crippen LogP contribution in [0.3, 0.4) is 0 Å². The molecular weight excluding hydrogens is 336 g/mol. The molecule has 0 aromatic carbocycles. The second kappa shape index (κ2) is 7.76. The molecule has 27 heavy (non-hydrogen) atoms. The van der Waals surface area contributed by atoms with Gasteiger partial charge in [0, 0.05) is 43.6 Å². The number of aromatic nitrogens is 3. The number of pyridine rings is 2. The van der Waals surface area contributed by atoms with E-state index in [4.69, 9.17) is 16.5 Å². The van der Waals surface area contributed by atoms with Crippen LogP contribution in [0.15, 0.2) is 42.7 Å². The largest absolute Gasteiger partial charge is 0.329 e. The number of nitrogens with zero attached hydrogens (tertiary/aromatic N) is 4. The van der Waals surface area contributed by atoms with E-state index in [1.165, 1.54) is 17.7 Å². The first kappa shape index (κ1) is 18.1. The summed E-state index contributed by atoms with van der Waals surface area (Å²) in [4.78, 5) is 12.0. The van der Waals surface area contributed by atoms with Crippen molar-refractivity contribution in [3.8, 4) is 0 Å². The maximum atomic E-state index is 6.17. The quantitative estimate of drug-likeness (QED) is 0.699. The molecule has 142 valence electrons. The number of nitrogens with two attached hydrogens (primary N) is 2. The van der Waals surface area contributed by atoms with Crippen LogP contribution in [0.1, 0.15) is 41.5 Å². The van der Waals surface area contributed by atoms with Gasteiger partial charge in [-0.25, -0.2) is 4.98 Å². The van der Waals surface area contributed by atoms with Crippen molar-refractivity contribution in [2.24, 2.45) is 11.5 Å². The van der Waals surface area contributed by atoms with Gasteiger partial charge in [0.2, 0.25) is 0 Å².